The fourth-order valence-corrected chi connectivity index (χ4v) is 2.95. The van der Waals surface area contributed by atoms with Crippen molar-refractivity contribution in [3.63, 3.8) is 0 Å². The van der Waals surface area contributed by atoms with Gasteiger partial charge in [-0.25, -0.2) is 9.69 Å². The first-order chi connectivity index (χ1) is 10.8. The van der Waals surface area contributed by atoms with Crippen LogP contribution in [0.1, 0.15) is 51.7 Å². The van der Waals surface area contributed by atoms with Gasteiger partial charge in [0.05, 0.1) is 12.0 Å². The fourth-order valence-electron chi connectivity index (χ4n) is 2.95. The molecule has 126 valence electrons. The lowest BCUT2D eigenvalue weighted by atomic mass is 9.95. The molecule has 4 nitrogen and oxygen atoms in total. The molecule has 0 N–H and O–H groups in total. The molecule has 2 rings (SSSR count). The molecule has 0 unspecified atom stereocenters. The molecule has 1 aliphatic heterocycles. The summed E-state index contributed by atoms with van der Waals surface area (Å²) in [6.45, 7) is 10.5. The van der Waals surface area contributed by atoms with Gasteiger partial charge < -0.3 is 4.74 Å². The number of carbonyl (C=O) groups is 2. The van der Waals surface area contributed by atoms with Crippen molar-refractivity contribution in [1.82, 2.24) is 4.90 Å². The van der Waals surface area contributed by atoms with Crippen molar-refractivity contribution in [2.75, 3.05) is 6.61 Å². The van der Waals surface area contributed by atoms with E-state index >= 15 is 0 Å². The van der Waals surface area contributed by atoms with E-state index in [0.717, 1.165) is 12.0 Å². The maximum Gasteiger partial charge on any atom is 0.417 e. The van der Waals surface area contributed by atoms with Gasteiger partial charge in [0.2, 0.25) is 5.91 Å². The zero-order valence-corrected chi connectivity index (χ0v) is 14.7. The largest absolute Gasteiger partial charge is 0.447 e. The molecule has 0 radical (unpaired) electrons. The first-order valence-corrected chi connectivity index (χ1v) is 8.40. The molecule has 0 aromatic heterocycles. The number of hydrogen-bond acceptors (Lipinski definition) is 3. The summed E-state index contributed by atoms with van der Waals surface area (Å²) >= 11 is 0. The average molecular weight is 317 g/mol. The second kappa shape index (κ2) is 7.16. The van der Waals surface area contributed by atoms with E-state index in [2.05, 4.69) is 26.0 Å². The molecular formula is C19H27NO3. The van der Waals surface area contributed by atoms with Crippen molar-refractivity contribution in [3.05, 3.63) is 35.4 Å². The van der Waals surface area contributed by atoms with Gasteiger partial charge in [-0.3, -0.25) is 4.79 Å². The van der Waals surface area contributed by atoms with Gasteiger partial charge >= 0.3 is 6.09 Å². The van der Waals surface area contributed by atoms with E-state index < -0.39 is 6.09 Å². The predicted molar refractivity (Wildman–Crippen MR) is 90.2 cm³/mol. The number of nitrogens with zero attached hydrogens (tertiary/aromatic N) is 1. The standard InChI is InChI=1S/C19H27NO3/c1-12(2)10-15-6-8-16(9-7-15)14(5)18(21)20-17(13(3)4)11-23-19(20)22/h6-9,12-14,17H,10-11H2,1-5H3/t14-,17-/m1/s1. The summed E-state index contributed by atoms with van der Waals surface area (Å²) in [6, 6.07) is 7.96. The Morgan fingerprint density at radius 3 is 2.30 bits per heavy atom. The summed E-state index contributed by atoms with van der Waals surface area (Å²) in [5, 5.41) is 0. The third-order valence-electron chi connectivity index (χ3n) is 4.41. The number of imide groups is 1. The average Bonchev–Trinajstić information content (AvgIpc) is 2.88. The summed E-state index contributed by atoms with van der Waals surface area (Å²) in [5.74, 6) is 0.259. The highest BCUT2D eigenvalue weighted by atomic mass is 16.6. The topological polar surface area (TPSA) is 46.6 Å². The van der Waals surface area contributed by atoms with Gasteiger partial charge in [-0.2, -0.15) is 0 Å². The number of amides is 2. The smallest absolute Gasteiger partial charge is 0.417 e. The molecule has 1 aliphatic rings. The minimum Gasteiger partial charge on any atom is -0.447 e. The highest BCUT2D eigenvalue weighted by molar-refractivity contribution is 5.97. The number of ether oxygens (including phenoxy) is 1. The van der Waals surface area contributed by atoms with E-state index in [1.807, 2.05) is 32.9 Å². The van der Waals surface area contributed by atoms with Crippen molar-refractivity contribution in [3.8, 4) is 0 Å². The van der Waals surface area contributed by atoms with E-state index in [1.54, 1.807) is 0 Å². The molecule has 1 aromatic carbocycles. The van der Waals surface area contributed by atoms with Crippen LogP contribution in [0.3, 0.4) is 0 Å². The van der Waals surface area contributed by atoms with Gasteiger partial charge in [-0.1, -0.05) is 52.0 Å². The van der Waals surface area contributed by atoms with Crippen LogP contribution in [0, 0.1) is 11.8 Å². The van der Waals surface area contributed by atoms with Gasteiger partial charge in [0.25, 0.3) is 0 Å². The van der Waals surface area contributed by atoms with Gasteiger partial charge in [0, 0.05) is 0 Å². The molecule has 1 heterocycles. The quantitative estimate of drug-likeness (QED) is 0.825. The molecule has 2 atom stereocenters. The van der Waals surface area contributed by atoms with Crippen LogP contribution < -0.4 is 0 Å². The molecule has 1 saturated heterocycles. The Kier molecular flexibility index (Phi) is 5.45. The van der Waals surface area contributed by atoms with Crippen molar-refractivity contribution >= 4 is 12.0 Å². The fraction of sp³-hybridized carbons (Fsp3) is 0.579. The predicted octanol–water partition coefficient (Wildman–Crippen LogP) is 3.99. The molecule has 2 amide bonds. The Morgan fingerprint density at radius 1 is 1.17 bits per heavy atom. The van der Waals surface area contributed by atoms with E-state index in [9.17, 15) is 9.59 Å². The number of cyclic esters (lactones) is 1. The lowest BCUT2D eigenvalue weighted by Gasteiger charge is -2.25. The first kappa shape index (κ1) is 17.5. The zero-order chi connectivity index (χ0) is 17.1. The van der Waals surface area contributed by atoms with E-state index in [-0.39, 0.29) is 23.8 Å². The zero-order valence-electron chi connectivity index (χ0n) is 14.7. The number of carbonyl (C=O) groups excluding carboxylic acids is 2. The third kappa shape index (κ3) is 3.92. The monoisotopic (exact) mass is 317 g/mol. The lowest BCUT2D eigenvalue weighted by Crippen LogP contribution is -2.43. The van der Waals surface area contributed by atoms with Crippen LogP contribution in [-0.2, 0) is 16.0 Å². The Labute approximate surface area is 138 Å². The second-order valence-electron chi connectivity index (χ2n) is 7.16. The maximum atomic E-state index is 12.8. The molecule has 0 bridgehead atoms. The van der Waals surface area contributed by atoms with Crippen LogP contribution in [0.25, 0.3) is 0 Å². The van der Waals surface area contributed by atoms with Gasteiger partial charge in [0.15, 0.2) is 0 Å². The van der Waals surface area contributed by atoms with Gasteiger partial charge in [-0.05, 0) is 36.3 Å². The van der Waals surface area contributed by atoms with E-state index in [1.165, 1.54) is 10.5 Å². The second-order valence-corrected chi connectivity index (χ2v) is 7.16. The van der Waals surface area contributed by atoms with Crippen molar-refractivity contribution in [2.45, 2.75) is 53.0 Å². The molecule has 0 saturated carbocycles. The minimum atomic E-state index is -0.517. The van der Waals surface area contributed by atoms with E-state index in [4.69, 9.17) is 4.74 Å². The highest BCUT2D eigenvalue weighted by Crippen LogP contribution is 2.26. The Bertz CT molecular complexity index is 562. The SMILES string of the molecule is CC(C)Cc1ccc([C@@H](C)C(=O)N2C(=O)OC[C@@H]2C(C)C)cc1. The van der Waals surface area contributed by atoms with E-state index in [0.29, 0.717) is 12.5 Å². The number of hydrogen-bond donors (Lipinski definition) is 0. The number of rotatable bonds is 5. The number of benzene rings is 1. The maximum absolute atomic E-state index is 12.8. The summed E-state index contributed by atoms with van der Waals surface area (Å²) in [6.07, 6.45) is 0.508. The van der Waals surface area contributed by atoms with Crippen molar-refractivity contribution in [1.29, 1.82) is 0 Å². The van der Waals surface area contributed by atoms with Crippen molar-refractivity contribution in [2.24, 2.45) is 11.8 Å². The summed E-state index contributed by atoms with van der Waals surface area (Å²) in [7, 11) is 0. The molecule has 4 heteroatoms. The summed E-state index contributed by atoms with van der Waals surface area (Å²) < 4.78 is 5.08. The van der Waals surface area contributed by atoms with Gasteiger partial charge in [0.1, 0.15) is 6.61 Å². The molecule has 23 heavy (non-hydrogen) atoms. The molecular weight excluding hydrogens is 290 g/mol. The third-order valence-corrected chi connectivity index (χ3v) is 4.41. The molecule has 1 fully saturated rings. The van der Waals surface area contributed by atoms with Crippen LogP contribution in [0.4, 0.5) is 4.79 Å². The van der Waals surface area contributed by atoms with Gasteiger partial charge in [-0.15, -0.1) is 0 Å². The first-order valence-electron chi connectivity index (χ1n) is 8.40. The molecule has 1 aromatic rings. The van der Waals surface area contributed by atoms with Crippen LogP contribution in [0.15, 0.2) is 24.3 Å². The van der Waals surface area contributed by atoms with Crippen LogP contribution in [-0.4, -0.2) is 29.5 Å². The Balaban J connectivity index is 2.14. The molecule has 0 aliphatic carbocycles. The Hall–Kier alpha value is -1.84. The summed E-state index contributed by atoms with van der Waals surface area (Å²) in [4.78, 5) is 26.0. The van der Waals surface area contributed by atoms with Crippen LogP contribution in [0.5, 0.6) is 0 Å². The Morgan fingerprint density at radius 2 is 1.78 bits per heavy atom. The summed E-state index contributed by atoms with van der Waals surface area (Å²) in [5.41, 5.74) is 2.20. The highest BCUT2D eigenvalue weighted by Gasteiger charge is 2.41. The minimum absolute atomic E-state index is 0.169. The molecule has 0 spiro atoms. The van der Waals surface area contributed by atoms with Crippen LogP contribution in [0.2, 0.25) is 0 Å². The normalized spacial score (nSPS) is 19.3. The lowest BCUT2D eigenvalue weighted by molar-refractivity contribution is -0.131. The van der Waals surface area contributed by atoms with Crippen LogP contribution >= 0.6 is 0 Å². The van der Waals surface area contributed by atoms with Crippen molar-refractivity contribution < 1.29 is 14.3 Å².